The van der Waals surface area contributed by atoms with E-state index in [0.717, 1.165) is 0 Å². The lowest BCUT2D eigenvalue weighted by Crippen LogP contribution is -1.98. The van der Waals surface area contributed by atoms with Crippen LogP contribution in [0.3, 0.4) is 0 Å². The fourth-order valence-corrected chi connectivity index (χ4v) is 4.47. The predicted octanol–water partition coefficient (Wildman–Crippen LogP) is 8.34. The number of fused-ring (bicyclic) bond motifs is 3. The number of rotatable bonds is 8. The van der Waals surface area contributed by atoms with Gasteiger partial charge in [0.1, 0.15) is 0 Å². The summed E-state index contributed by atoms with van der Waals surface area (Å²) >= 11 is 7.30. The second kappa shape index (κ2) is 8.67. The molecule has 1 aliphatic rings. The molecule has 0 bridgehead atoms. The number of unbranched alkanes of at least 4 members (excludes halogenated alkanes) is 5. The lowest BCUT2D eigenvalue weighted by Gasteiger charge is -2.15. The Morgan fingerprint density at radius 2 is 1.54 bits per heavy atom. The zero-order chi connectivity index (χ0) is 16.9. The topological polar surface area (TPSA) is 0 Å². The summed E-state index contributed by atoms with van der Waals surface area (Å²) in [5.74, 6) is 0.570. The van der Waals surface area contributed by atoms with Crippen LogP contribution in [0.25, 0.3) is 11.1 Å². The molecule has 0 radical (unpaired) electrons. The Morgan fingerprint density at radius 1 is 0.833 bits per heavy atom. The molecule has 0 N–H and O–H groups in total. The van der Waals surface area contributed by atoms with Crippen LogP contribution in [-0.4, -0.2) is 0 Å². The van der Waals surface area contributed by atoms with Crippen LogP contribution in [-0.2, 0) is 0 Å². The Kier molecular flexibility index (Phi) is 6.57. The molecule has 0 nitrogen and oxygen atoms in total. The summed E-state index contributed by atoms with van der Waals surface area (Å²) in [4.78, 5) is 0. The van der Waals surface area contributed by atoms with E-state index in [2.05, 4.69) is 81.2 Å². The van der Waals surface area contributed by atoms with Gasteiger partial charge < -0.3 is 0 Å². The molecule has 2 aromatic carbocycles. The second-order valence-corrected chi connectivity index (χ2v) is 9.90. The van der Waals surface area contributed by atoms with Crippen molar-refractivity contribution in [2.75, 3.05) is 0 Å². The van der Waals surface area contributed by atoms with Crippen LogP contribution in [0, 0.1) is 0 Å². The van der Waals surface area contributed by atoms with Crippen molar-refractivity contribution in [1.82, 2.24) is 0 Å². The summed E-state index contributed by atoms with van der Waals surface area (Å²) in [6.45, 7) is 2.28. The van der Waals surface area contributed by atoms with Crippen LogP contribution < -0.4 is 0 Å². The molecule has 3 rings (SSSR count). The van der Waals surface area contributed by atoms with Crippen molar-refractivity contribution in [3.63, 3.8) is 0 Å². The fourth-order valence-electron chi connectivity index (χ4n) is 3.90. The Hall–Kier alpha value is -0.600. The summed E-state index contributed by atoms with van der Waals surface area (Å²) in [5, 5.41) is 0. The molecule has 0 saturated heterocycles. The Morgan fingerprint density at radius 3 is 2.33 bits per heavy atom. The van der Waals surface area contributed by atoms with Crippen molar-refractivity contribution < 1.29 is 0 Å². The van der Waals surface area contributed by atoms with Gasteiger partial charge in [-0.15, -0.1) is 0 Å². The molecular weight excluding hydrogens is 424 g/mol. The first kappa shape index (κ1) is 18.2. The summed E-state index contributed by atoms with van der Waals surface area (Å²) in [6, 6.07) is 15.9. The van der Waals surface area contributed by atoms with E-state index in [-0.39, 0.29) is 3.74 Å². The van der Waals surface area contributed by atoms with Crippen molar-refractivity contribution in [2.45, 2.75) is 61.5 Å². The number of alkyl halides is 2. The van der Waals surface area contributed by atoms with E-state index in [4.69, 9.17) is 0 Å². The molecule has 1 unspecified atom stereocenters. The van der Waals surface area contributed by atoms with Crippen LogP contribution in [0.1, 0.15) is 78.2 Å². The van der Waals surface area contributed by atoms with Crippen molar-refractivity contribution in [3.05, 3.63) is 59.2 Å². The van der Waals surface area contributed by atoms with E-state index in [1.807, 2.05) is 0 Å². The molecule has 0 aromatic heterocycles. The van der Waals surface area contributed by atoms with E-state index in [1.54, 1.807) is 0 Å². The normalized spacial score (nSPS) is 15.6. The summed E-state index contributed by atoms with van der Waals surface area (Å²) in [5.41, 5.74) is 7.24. The predicted molar refractivity (Wildman–Crippen MR) is 112 cm³/mol. The van der Waals surface area contributed by atoms with E-state index in [0.29, 0.717) is 5.92 Å². The minimum atomic E-state index is 0.230. The number of halogens is 2. The van der Waals surface area contributed by atoms with E-state index < -0.39 is 0 Å². The lowest BCUT2D eigenvalue weighted by atomic mass is 9.90. The molecule has 2 aromatic rings. The van der Waals surface area contributed by atoms with Gasteiger partial charge in [0.05, 0.1) is 3.74 Å². The van der Waals surface area contributed by atoms with Gasteiger partial charge in [-0.3, -0.25) is 0 Å². The molecule has 2 heteroatoms. The van der Waals surface area contributed by atoms with Crippen LogP contribution in [0.15, 0.2) is 42.5 Å². The average molecular weight is 450 g/mol. The maximum atomic E-state index is 3.65. The molecule has 0 heterocycles. The quantitative estimate of drug-likeness (QED) is 0.280. The van der Waals surface area contributed by atoms with Gasteiger partial charge in [0.25, 0.3) is 0 Å². The summed E-state index contributed by atoms with van der Waals surface area (Å²) in [6.07, 6.45) is 9.47. The highest BCUT2D eigenvalue weighted by atomic mass is 79.9. The first-order valence-corrected chi connectivity index (χ1v) is 11.1. The van der Waals surface area contributed by atoms with Gasteiger partial charge in [-0.2, -0.15) is 0 Å². The maximum Gasteiger partial charge on any atom is 0.0946 e. The first-order chi connectivity index (χ1) is 11.7. The third-order valence-corrected chi connectivity index (χ3v) is 6.23. The van der Waals surface area contributed by atoms with Crippen molar-refractivity contribution in [3.8, 4) is 11.1 Å². The van der Waals surface area contributed by atoms with Gasteiger partial charge in [0.2, 0.25) is 0 Å². The van der Waals surface area contributed by atoms with E-state index >= 15 is 0 Å². The highest BCUT2D eigenvalue weighted by Crippen LogP contribution is 2.48. The number of benzene rings is 2. The molecule has 1 atom stereocenters. The van der Waals surface area contributed by atoms with Crippen LogP contribution in [0.4, 0.5) is 0 Å². The Labute approximate surface area is 163 Å². The van der Waals surface area contributed by atoms with Gasteiger partial charge in [0, 0.05) is 5.92 Å². The van der Waals surface area contributed by atoms with E-state index in [9.17, 15) is 0 Å². The average Bonchev–Trinajstić information content (AvgIpc) is 2.91. The summed E-state index contributed by atoms with van der Waals surface area (Å²) in [7, 11) is 0. The fraction of sp³-hybridized carbons (Fsp3) is 0.455. The van der Waals surface area contributed by atoms with Crippen LogP contribution >= 0.6 is 31.9 Å². The van der Waals surface area contributed by atoms with E-state index in [1.165, 1.54) is 72.8 Å². The molecule has 0 spiro atoms. The van der Waals surface area contributed by atoms with Crippen LogP contribution in [0.2, 0.25) is 0 Å². The van der Waals surface area contributed by atoms with Gasteiger partial charge >= 0.3 is 0 Å². The highest BCUT2D eigenvalue weighted by Gasteiger charge is 2.28. The molecule has 0 aliphatic heterocycles. The lowest BCUT2D eigenvalue weighted by molar-refractivity contribution is 0.571. The van der Waals surface area contributed by atoms with Crippen LogP contribution in [0.5, 0.6) is 0 Å². The number of hydrogen-bond donors (Lipinski definition) is 0. The molecule has 0 amide bonds. The molecule has 0 saturated carbocycles. The highest BCUT2D eigenvalue weighted by molar-refractivity contribution is 9.24. The Balaban J connectivity index is 1.77. The third kappa shape index (κ3) is 3.96. The van der Waals surface area contributed by atoms with Gasteiger partial charge in [-0.25, -0.2) is 0 Å². The molecule has 24 heavy (non-hydrogen) atoms. The minimum absolute atomic E-state index is 0.230. The molecule has 0 fully saturated rings. The molecule has 1 aliphatic carbocycles. The van der Waals surface area contributed by atoms with Crippen molar-refractivity contribution >= 4 is 31.9 Å². The standard InChI is InChI=1S/C22H26Br2/c1-2-3-4-5-6-7-10-19-17-11-8-9-12-18(17)20-14-13-16(22(23)24)15-21(19)20/h8-9,11-15,19,22H,2-7,10H2,1H3. The van der Waals surface area contributed by atoms with Crippen molar-refractivity contribution in [2.24, 2.45) is 0 Å². The van der Waals surface area contributed by atoms with Gasteiger partial charge in [-0.1, -0.05) is 120 Å². The zero-order valence-electron chi connectivity index (χ0n) is 14.4. The van der Waals surface area contributed by atoms with Gasteiger partial charge in [0.15, 0.2) is 0 Å². The molecule has 128 valence electrons. The third-order valence-electron chi connectivity index (χ3n) is 5.18. The second-order valence-electron chi connectivity index (χ2n) is 6.84. The Bertz CT molecular complexity index is 675. The van der Waals surface area contributed by atoms with Gasteiger partial charge in [-0.05, 0) is 34.2 Å². The zero-order valence-corrected chi connectivity index (χ0v) is 17.6. The molecular formula is C22H26Br2. The first-order valence-electron chi connectivity index (χ1n) is 9.23. The summed E-state index contributed by atoms with van der Waals surface area (Å²) < 4.78 is 0.230. The van der Waals surface area contributed by atoms with Crippen molar-refractivity contribution in [1.29, 1.82) is 0 Å². The SMILES string of the molecule is CCCCCCCCC1c2ccccc2-c2ccc(C(Br)Br)cc21. The minimum Gasteiger partial charge on any atom is -0.0712 e. The number of hydrogen-bond acceptors (Lipinski definition) is 0. The smallest absolute Gasteiger partial charge is 0.0712 e. The largest absolute Gasteiger partial charge is 0.0946 e. The maximum absolute atomic E-state index is 3.65. The monoisotopic (exact) mass is 448 g/mol.